The van der Waals surface area contributed by atoms with Crippen LogP contribution in [0.3, 0.4) is 0 Å². The highest BCUT2D eigenvalue weighted by Gasteiger charge is 2.57. The molecule has 2 amide bonds. The number of fused-ring (bicyclic) bond motifs is 2. The smallest absolute Gasteiger partial charge is 0.253 e. The van der Waals surface area contributed by atoms with E-state index in [1.807, 2.05) is 4.90 Å². The van der Waals surface area contributed by atoms with Crippen molar-refractivity contribution >= 4 is 11.8 Å². The molecule has 1 N–H and O–H groups in total. The zero-order chi connectivity index (χ0) is 18.3. The van der Waals surface area contributed by atoms with Gasteiger partial charge in [-0.15, -0.1) is 0 Å². The Bertz CT molecular complexity index is 698. The van der Waals surface area contributed by atoms with Crippen LogP contribution in [0.5, 0.6) is 0 Å². The first-order chi connectivity index (χ1) is 12.5. The summed E-state index contributed by atoms with van der Waals surface area (Å²) in [6, 6.07) is 5.71. The lowest BCUT2D eigenvalue weighted by Crippen LogP contribution is -2.56. The minimum absolute atomic E-state index is 0.0558. The topological polar surface area (TPSA) is 52.7 Å². The van der Waals surface area contributed by atoms with Gasteiger partial charge in [0.25, 0.3) is 5.91 Å². The highest BCUT2D eigenvalue weighted by molar-refractivity contribution is 5.94. The molecule has 0 saturated carbocycles. The van der Waals surface area contributed by atoms with Crippen molar-refractivity contribution in [1.82, 2.24) is 15.1 Å². The molecule has 3 saturated heterocycles. The molecular weight excluding hydrogens is 333 g/mol. The van der Waals surface area contributed by atoms with Crippen LogP contribution in [-0.4, -0.2) is 59.9 Å². The Hall–Kier alpha value is -1.95. The van der Waals surface area contributed by atoms with Crippen LogP contribution in [0, 0.1) is 17.7 Å². The summed E-state index contributed by atoms with van der Waals surface area (Å²) in [5.74, 6) is 0.244. The molecule has 4 rings (SSSR count). The summed E-state index contributed by atoms with van der Waals surface area (Å²) in [7, 11) is 0. The Morgan fingerprint density at radius 3 is 2.58 bits per heavy atom. The molecule has 26 heavy (non-hydrogen) atoms. The van der Waals surface area contributed by atoms with E-state index in [-0.39, 0.29) is 29.1 Å². The molecule has 1 aromatic rings. The van der Waals surface area contributed by atoms with Crippen LogP contribution in [0.15, 0.2) is 24.3 Å². The van der Waals surface area contributed by atoms with Gasteiger partial charge >= 0.3 is 0 Å². The van der Waals surface area contributed by atoms with E-state index in [0.717, 1.165) is 38.9 Å². The molecule has 6 heteroatoms. The molecule has 0 aromatic heterocycles. The van der Waals surface area contributed by atoms with E-state index in [4.69, 9.17) is 0 Å². The van der Waals surface area contributed by atoms with Crippen molar-refractivity contribution in [2.75, 3.05) is 32.7 Å². The van der Waals surface area contributed by atoms with Crippen molar-refractivity contribution in [1.29, 1.82) is 0 Å². The Kier molecular flexibility index (Phi) is 4.47. The number of nitrogens with zero attached hydrogens (tertiary/aromatic N) is 2. The second-order valence-corrected chi connectivity index (χ2v) is 7.92. The quantitative estimate of drug-likeness (QED) is 0.897. The van der Waals surface area contributed by atoms with Crippen LogP contribution in [0.2, 0.25) is 0 Å². The number of likely N-dealkylation sites (tertiary alicyclic amines) is 2. The van der Waals surface area contributed by atoms with Gasteiger partial charge in [-0.1, -0.05) is 6.92 Å². The SMILES string of the molecule is CCCN1C[C@H]2C(=O)NC3(CCN(C(=O)c4ccc(F)cc4)CC3)[C@H]2C1. The fourth-order valence-electron chi connectivity index (χ4n) is 5.02. The maximum absolute atomic E-state index is 13.1. The Labute approximate surface area is 153 Å². The Morgan fingerprint density at radius 1 is 1.23 bits per heavy atom. The van der Waals surface area contributed by atoms with E-state index in [1.165, 1.54) is 24.3 Å². The number of nitrogens with one attached hydrogen (secondary N) is 1. The van der Waals surface area contributed by atoms with Crippen LogP contribution in [0.25, 0.3) is 0 Å². The van der Waals surface area contributed by atoms with Gasteiger partial charge in [-0.3, -0.25) is 9.59 Å². The summed E-state index contributed by atoms with van der Waals surface area (Å²) in [5, 5.41) is 3.29. The number of rotatable bonds is 3. The third-order valence-electron chi connectivity index (χ3n) is 6.39. The molecule has 1 spiro atoms. The predicted molar refractivity (Wildman–Crippen MR) is 96.1 cm³/mol. The summed E-state index contributed by atoms with van der Waals surface area (Å²) in [5.41, 5.74) is 0.356. The van der Waals surface area contributed by atoms with Crippen LogP contribution >= 0.6 is 0 Å². The molecule has 0 aliphatic carbocycles. The number of piperidine rings is 1. The summed E-state index contributed by atoms with van der Waals surface area (Å²) in [6.45, 7) is 6.32. The number of hydrogen-bond donors (Lipinski definition) is 1. The van der Waals surface area contributed by atoms with Crippen molar-refractivity contribution in [3.63, 3.8) is 0 Å². The molecule has 0 bridgehead atoms. The molecular formula is C20H26FN3O2. The number of benzene rings is 1. The lowest BCUT2D eigenvalue weighted by molar-refractivity contribution is -0.123. The number of amides is 2. The first-order valence-corrected chi connectivity index (χ1v) is 9.61. The summed E-state index contributed by atoms with van der Waals surface area (Å²) in [4.78, 5) is 29.4. The standard InChI is InChI=1S/C20H26FN3O2/c1-2-9-23-12-16-17(13-23)20(22-18(16)25)7-10-24(11-8-20)19(26)14-3-5-15(21)6-4-14/h3-6,16-17H,2,7-13H2,1H3,(H,22,25)/t16-,17+/m1/s1. The summed E-state index contributed by atoms with van der Waals surface area (Å²) < 4.78 is 13.1. The normalized spacial score (nSPS) is 27.6. The number of hydrogen-bond acceptors (Lipinski definition) is 3. The second-order valence-electron chi connectivity index (χ2n) is 7.92. The molecule has 0 radical (unpaired) electrons. The fourth-order valence-corrected chi connectivity index (χ4v) is 5.02. The van der Waals surface area contributed by atoms with Crippen molar-refractivity contribution in [2.24, 2.45) is 11.8 Å². The van der Waals surface area contributed by atoms with Gasteiger partial charge in [-0.2, -0.15) is 0 Å². The largest absolute Gasteiger partial charge is 0.350 e. The predicted octanol–water partition coefficient (Wildman–Crippen LogP) is 1.89. The molecule has 140 valence electrons. The molecule has 3 aliphatic rings. The van der Waals surface area contributed by atoms with Crippen LogP contribution in [0.1, 0.15) is 36.5 Å². The monoisotopic (exact) mass is 359 g/mol. The minimum Gasteiger partial charge on any atom is -0.350 e. The van der Waals surface area contributed by atoms with Gasteiger partial charge in [0.05, 0.1) is 5.92 Å². The van der Waals surface area contributed by atoms with Gasteiger partial charge in [0.15, 0.2) is 0 Å². The average Bonchev–Trinajstić information content (AvgIpc) is 3.16. The zero-order valence-corrected chi connectivity index (χ0v) is 15.2. The number of carbonyl (C=O) groups is 2. The van der Waals surface area contributed by atoms with Crippen LogP contribution in [-0.2, 0) is 4.79 Å². The molecule has 2 atom stereocenters. The van der Waals surface area contributed by atoms with Crippen LogP contribution in [0.4, 0.5) is 4.39 Å². The maximum Gasteiger partial charge on any atom is 0.253 e. The molecule has 3 fully saturated rings. The number of halogens is 1. The van der Waals surface area contributed by atoms with Gasteiger partial charge in [-0.05, 0) is 50.1 Å². The molecule has 1 aromatic carbocycles. The van der Waals surface area contributed by atoms with Crippen molar-refractivity contribution in [3.8, 4) is 0 Å². The lowest BCUT2D eigenvalue weighted by atomic mass is 9.75. The fraction of sp³-hybridized carbons (Fsp3) is 0.600. The highest BCUT2D eigenvalue weighted by Crippen LogP contribution is 2.44. The van der Waals surface area contributed by atoms with Crippen LogP contribution < -0.4 is 5.32 Å². The lowest BCUT2D eigenvalue weighted by Gasteiger charge is -2.42. The van der Waals surface area contributed by atoms with Crippen molar-refractivity contribution in [3.05, 3.63) is 35.6 Å². The second kappa shape index (κ2) is 6.65. The van der Waals surface area contributed by atoms with E-state index < -0.39 is 0 Å². The van der Waals surface area contributed by atoms with E-state index in [2.05, 4.69) is 17.1 Å². The van der Waals surface area contributed by atoms with Gasteiger partial charge in [0.2, 0.25) is 5.91 Å². The van der Waals surface area contributed by atoms with E-state index in [0.29, 0.717) is 24.6 Å². The average molecular weight is 359 g/mol. The van der Waals surface area contributed by atoms with E-state index >= 15 is 0 Å². The summed E-state index contributed by atoms with van der Waals surface area (Å²) in [6.07, 6.45) is 2.70. The molecule has 0 unspecified atom stereocenters. The molecule has 5 nitrogen and oxygen atoms in total. The van der Waals surface area contributed by atoms with Crippen molar-refractivity contribution < 1.29 is 14.0 Å². The van der Waals surface area contributed by atoms with Crippen molar-refractivity contribution in [2.45, 2.75) is 31.7 Å². The maximum atomic E-state index is 13.1. The van der Waals surface area contributed by atoms with Gasteiger partial charge in [-0.25, -0.2) is 4.39 Å². The first-order valence-electron chi connectivity index (χ1n) is 9.61. The Balaban J connectivity index is 1.43. The highest BCUT2D eigenvalue weighted by atomic mass is 19.1. The van der Waals surface area contributed by atoms with E-state index in [1.54, 1.807) is 0 Å². The molecule has 3 heterocycles. The third kappa shape index (κ3) is 2.90. The minimum atomic E-state index is -0.336. The van der Waals surface area contributed by atoms with Gasteiger partial charge < -0.3 is 15.1 Å². The van der Waals surface area contributed by atoms with E-state index in [9.17, 15) is 14.0 Å². The molecule has 3 aliphatic heterocycles. The zero-order valence-electron chi connectivity index (χ0n) is 15.2. The number of carbonyl (C=O) groups excluding carboxylic acids is 2. The van der Waals surface area contributed by atoms with Gasteiger partial charge in [0, 0.05) is 43.2 Å². The Morgan fingerprint density at radius 2 is 1.92 bits per heavy atom. The van der Waals surface area contributed by atoms with Gasteiger partial charge in [0.1, 0.15) is 5.82 Å². The third-order valence-corrected chi connectivity index (χ3v) is 6.39. The summed E-state index contributed by atoms with van der Waals surface area (Å²) >= 11 is 0. The first kappa shape index (κ1) is 17.5.